The molecule has 162 valence electrons. The summed E-state index contributed by atoms with van der Waals surface area (Å²) in [4.78, 5) is 6.67. The molecule has 2 aromatic heterocycles. The normalized spacial score (nSPS) is 15.1. The van der Waals surface area contributed by atoms with Gasteiger partial charge in [0.1, 0.15) is 5.82 Å². The van der Waals surface area contributed by atoms with E-state index < -0.39 is 10.0 Å². The summed E-state index contributed by atoms with van der Waals surface area (Å²) in [5, 5.41) is 12.1. The molecule has 1 aliphatic rings. The average molecular weight is 459 g/mol. The van der Waals surface area contributed by atoms with Gasteiger partial charge in [-0.2, -0.15) is 4.31 Å². The Bertz CT molecular complexity index is 1180. The number of nitrogens with zero attached hydrogens (tertiary/aromatic N) is 5. The molecule has 0 atom stereocenters. The molecule has 31 heavy (non-hydrogen) atoms. The van der Waals surface area contributed by atoms with Gasteiger partial charge in [0, 0.05) is 36.9 Å². The van der Waals surface area contributed by atoms with Crippen molar-refractivity contribution in [1.29, 1.82) is 0 Å². The first kappa shape index (κ1) is 21.5. The van der Waals surface area contributed by atoms with Crippen LogP contribution in [0.25, 0.3) is 0 Å². The lowest BCUT2D eigenvalue weighted by Crippen LogP contribution is -2.49. The molecule has 0 aliphatic carbocycles. The number of piperazine rings is 1. The van der Waals surface area contributed by atoms with Crippen molar-refractivity contribution in [3.63, 3.8) is 0 Å². The van der Waals surface area contributed by atoms with Crippen LogP contribution in [-0.2, 0) is 10.0 Å². The van der Waals surface area contributed by atoms with Crippen LogP contribution in [0.5, 0.6) is 0 Å². The number of hydrogen-bond donors (Lipinski definition) is 1. The summed E-state index contributed by atoms with van der Waals surface area (Å²) >= 11 is 6.02. The third kappa shape index (κ3) is 4.79. The first-order valence-corrected chi connectivity index (χ1v) is 11.7. The second kappa shape index (κ2) is 8.78. The molecule has 1 fully saturated rings. The van der Waals surface area contributed by atoms with E-state index in [2.05, 4.69) is 20.5 Å². The number of aromatic nitrogens is 3. The van der Waals surface area contributed by atoms with Crippen LogP contribution in [0.2, 0.25) is 5.02 Å². The number of rotatable bonds is 5. The number of sulfonamides is 1. The average Bonchev–Trinajstić information content (AvgIpc) is 2.76. The van der Waals surface area contributed by atoms with Gasteiger partial charge < -0.3 is 10.2 Å². The molecule has 8 nitrogen and oxygen atoms in total. The zero-order chi connectivity index (χ0) is 22.0. The fourth-order valence-corrected chi connectivity index (χ4v) is 5.36. The van der Waals surface area contributed by atoms with Crippen molar-refractivity contribution in [1.82, 2.24) is 19.5 Å². The monoisotopic (exact) mass is 458 g/mol. The first-order chi connectivity index (χ1) is 14.8. The summed E-state index contributed by atoms with van der Waals surface area (Å²) in [6.45, 7) is 5.48. The molecule has 0 bridgehead atoms. The molecule has 3 aromatic rings. The van der Waals surface area contributed by atoms with Crippen LogP contribution < -0.4 is 10.2 Å². The second-order valence-electron chi connectivity index (χ2n) is 7.37. The van der Waals surface area contributed by atoms with Crippen LogP contribution in [0.15, 0.2) is 53.4 Å². The Morgan fingerprint density at radius 2 is 1.71 bits per heavy atom. The Morgan fingerprint density at radius 1 is 0.935 bits per heavy atom. The summed E-state index contributed by atoms with van der Waals surface area (Å²) in [5.74, 6) is 2.01. The molecule has 0 amide bonds. The molecule has 1 saturated heterocycles. The third-order valence-corrected chi connectivity index (χ3v) is 7.40. The van der Waals surface area contributed by atoms with Crippen LogP contribution in [0, 0.1) is 13.8 Å². The lowest BCUT2D eigenvalue weighted by Gasteiger charge is -2.34. The zero-order valence-electron chi connectivity index (χ0n) is 17.3. The van der Waals surface area contributed by atoms with E-state index >= 15 is 0 Å². The molecule has 0 radical (unpaired) electrons. The molecule has 4 rings (SSSR count). The van der Waals surface area contributed by atoms with Gasteiger partial charge in [-0.15, -0.1) is 10.2 Å². The highest BCUT2D eigenvalue weighted by molar-refractivity contribution is 7.89. The fourth-order valence-electron chi connectivity index (χ4n) is 3.45. The van der Waals surface area contributed by atoms with E-state index in [9.17, 15) is 8.42 Å². The molecule has 3 heterocycles. The van der Waals surface area contributed by atoms with E-state index in [-0.39, 0.29) is 4.90 Å². The maximum absolute atomic E-state index is 13.1. The van der Waals surface area contributed by atoms with Gasteiger partial charge in [0.05, 0.1) is 4.90 Å². The Kier molecular flexibility index (Phi) is 6.08. The van der Waals surface area contributed by atoms with E-state index in [1.807, 2.05) is 42.2 Å². The van der Waals surface area contributed by atoms with Gasteiger partial charge in [-0.3, -0.25) is 0 Å². The zero-order valence-corrected chi connectivity index (χ0v) is 18.9. The van der Waals surface area contributed by atoms with Crippen molar-refractivity contribution >= 4 is 39.1 Å². The fraction of sp³-hybridized carbons (Fsp3) is 0.286. The van der Waals surface area contributed by atoms with Crippen molar-refractivity contribution in [3.05, 3.63) is 64.8 Å². The minimum atomic E-state index is -3.60. The molecule has 1 aromatic carbocycles. The predicted molar refractivity (Wildman–Crippen MR) is 121 cm³/mol. The largest absolute Gasteiger partial charge is 0.352 e. The number of nitrogens with one attached hydrogen (secondary N) is 1. The maximum atomic E-state index is 13.1. The number of pyridine rings is 1. The van der Waals surface area contributed by atoms with E-state index in [0.717, 1.165) is 5.69 Å². The highest BCUT2D eigenvalue weighted by Gasteiger charge is 2.30. The second-order valence-corrected chi connectivity index (χ2v) is 9.71. The van der Waals surface area contributed by atoms with Gasteiger partial charge in [0.2, 0.25) is 10.0 Å². The van der Waals surface area contributed by atoms with E-state index in [0.29, 0.717) is 54.2 Å². The predicted octanol–water partition coefficient (Wildman–Crippen LogP) is 3.40. The Hall–Kier alpha value is -2.75. The minimum Gasteiger partial charge on any atom is -0.352 e. The minimum absolute atomic E-state index is 0.258. The highest BCUT2D eigenvalue weighted by atomic mass is 35.5. The summed E-state index contributed by atoms with van der Waals surface area (Å²) in [5.41, 5.74) is 1.60. The standard InChI is InChI=1S/C21H23ClN6O2S/c1-15-6-7-17(22)14-18(15)31(29,30)28-12-10-27(11-13-28)21-9-8-20(25-26-21)24-19-5-3-4-16(2)23-19/h3-9,14H,10-13H2,1-2H3,(H,23,24,25). The van der Waals surface area contributed by atoms with E-state index in [4.69, 9.17) is 11.6 Å². The molecular formula is C21H23ClN6O2S. The van der Waals surface area contributed by atoms with Crippen LogP contribution in [0.1, 0.15) is 11.3 Å². The van der Waals surface area contributed by atoms with Crippen molar-refractivity contribution in [3.8, 4) is 0 Å². The molecule has 0 unspecified atom stereocenters. The molecular weight excluding hydrogens is 436 g/mol. The Morgan fingerprint density at radius 3 is 2.39 bits per heavy atom. The van der Waals surface area contributed by atoms with Gasteiger partial charge >= 0.3 is 0 Å². The van der Waals surface area contributed by atoms with Crippen LogP contribution >= 0.6 is 11.6 Å². The molecule has 1 aliphatic heterocycles. The van der Waals surface area contributed by atoms with Crippen molar-refractivity contribution < 1.29 is 8.42 Å². The van der Waals surface area contributed by atoms with E-state index in [1.165, 1.54) is 10.4 Å². The van der Waals surface area contributed by atoms with Crippen molar-refractivity contribution in [2.45, 2.75) is 18.7 Å². The van der Waals surface area contributed by atoms with Gasteiger partial charge in [0.15, 0.2) is 11.6 Å². The number of anilines is 3. The highest BCUT2D eigenvalue weighted by Crippen LogP contribution is 2.25. The molecule has 0 spiro atoms. The third-order valence-electron chi connectivity index (χ3n) is 5.13. The van der Waals surface area contributed by atoms with Gasteiger partial charge in [0.25, 0.3) is 0 Å². The molecule has 1 N–H and O–H groups in total. The lowest BCUT2D eigenvalue weighted by molar-refractivity contribution is 0.383. The maximum Gasteiger partial charge on any atom is 0.243 e. The quantitative estimate of drug-likeness (QED) is 0.626. The summed E-state index contributed by atoms with van der Waals surface area (Å²) in [7, 11) is -3.60. The topological polar surface area (TPSA) is 91.3 Å². The Balaban J connectivity index is 1.41. The SMILES string of the molecule is Cc1cccc(Nc2ccc(N3CCN(S(=O)(=O)c4cc(Cl)ccc4C)CC3)nn2)n1. The first-order valence-electron chi connectivity index (χ1n) is 9.88. The van der Waals surface area contributed by atoms with Gasteiger partial charge in [-0.1, -0.05) is 23.7 Å². The summed E-state index contributed by atoms with van der Waals surface area (Å²) in [6.07, 6.45) is 0. The lowest BCUT2D eigenvalue weighted by atomic mass is 10.2. The van der Waals surface area contributed by atoms with Crippen molar-refractivity contribution in [2.75, 3.05) is 36.4 Å². The smallest absolute Gasteiger partial charge is 0.243 e. The van der Waals surface area contributed by atoms with E-state index in [1.54, 1.807) is 19.1 Å². The van der Waals surface area contributed by atoms with Crippen LogP contribution in [0.4, 0.5) is 17.5 Å². The number of halogens is 1. The van der Waals surface area contributed by atoms with Gasteiger partial charge in [-0.25, -0.2) is 13.4 Å². The Labute approximate surface area is 186 Å². The number of aryl methyl sites for hydroxylation is 2. The van der Waals surface area contributed by atoms with Crippen LogP contribution in [-0.4, -0.2) is 54.1 Å². The summed E-state index contributed by atoms with van der Waals surface area (Å²) < 4.78 is 27.6. The number of benzene rings is 1. The van der Waals surface area contributed by atoms with Gasteiger partial charge in [-0.05, 0) is 55.8 Å². The molecule has 0 saturated carbocycles. The molecule has 10 heteroatoms. The number of hydrogen-bond acceptors (Lipinski definition) is 7. The van der Waals surface area contributed by atoms with Crippen LogP contribution in [0.3, 0.4) is 0 Å². The van der Waals surface area contributed by atoms with Crippen molar-refractivity contribution in [2.24, 2.45) is 0 Å². The summed E-state index contributed by atoms with van der Waals surface area (Å²) in [6, 6.07) is 14.4.